The molecule has 1 rings (SSSR count). The number of hydrogen-bond donors (Lipinski definition) is 0. The second-order valence-electron chi connectivity index (χ2n) is 1.93. The van der Waals surface area contributed by atoms with E-state index in [2.05, 4.69) is 0 Å². The van der Waals surface area contributed by atoms with Gasteiger partial charge in [-0.1, -0.05) is 13.8 Å². The van der Waals surface area contributed by atoms with Crippen LogP contribution in [0.5, 0.6) is 0 Å². The molecule has 0 N–H and O–H groups in total. The summed E-state index contributed by atoms with van der Waals surface area (Å²) in [5.41, 5.74) is -0.177. The first-order valence-corrected chi connectivity index (χ1v) is 4.13. The van der Waals surface area contributed by atoms with E-state index in [1.54, 1.807) is 0 Å². The molecular weight excluding hydrogens is 198 g/mol. The van der Waals surface area contributed by atoms with Gasteiger partial charge in [0.25, 0.3) is 5.24 Å². The van der Waals surface area contributed by atoms with Crippen LogP contribution in [0.3, 0.4) is 0 Å². The Balaban J connectivity index is 0.000000671. The van der Waals surface area contributed by atoms with Crippen LogP contribution in [-0.4, -0.2) is 5.24 Å². The van der Waals surface area contributed by atoms with Crippen LogP contribution in [0.25, 0.3) is 0 Å². The van der Waals surface area contributed by atoms with Crippen LogP contribution in [0.4, 0.5) is 8.78 Å². The Morgan fingerprint density at radius 1 is 1.15 bits per heavy atom. The molecule has 72 valence electrons. The number of carbonyl (C=O) groups is 1. The zero-order valence-electron chi connectivity index (χ0n) is 7.27. The second kappa shape index (κ2) is 5.65. The molecule has 0 unspecified atom stereocenters. The fourth-order valence-corrected chi connectivity index (χ4v) is 0.776. The second-order valence-corrected chi connectivity index (χ2v) is 2.28. The minimum Gasteiger partial charge on any atom is -0.276 e. The molecule has 0 spiro atoms. The summed E-state index contributed by atoms with van der Waals surface area (Å²) in [4.78, 5) is 10.4. The van der Waals surface area contributed by atoms with Crippen molar-refractivity contribution in [1.29, 1.82) is 0 Å². The van der Waals surface area contributed by atoms with Crippen LogP contribution < -0.4 is 0 Å². The summed E-state index contributed by atoms with van der Waals surface area (Å²) in [6, 6.07) is 2.42. The maximum Gasteiger partial charge on any atom is 0.252 e. The van der Waals surface area contributed by atoms with E-state index in [-0.39, 0.29) is 5.56 Å². The molecule has 0 heterocycles. The van der Waals surface area contributed by atoms with Gasteiger partial charge in [-0.05, 0) is 23.7 Å². The molecule has 0 aliphatic rings. The monoisotopic (exact) mass is 206 g/mol. The number of hydrogen-bond acceptors (Lipinski definition) is 1. The zero-order valence-corrected chi connectivity index (χ0v) is 8.03. The van der Waals surface area contributed by atoms with Crippen LogP contribution in [-0.2, 0) is 0 Å². The average molecular weight is 207 g/mol. The van der Waals surface area contributed by atoms with E-state index >= 15 is 0 Å². The van der Waals surface area contributed by atoms with E-state index in [9.17, 15) is 13.6 Å². The molecular formula is C9H9ClF2O. The summed E-state index contributed by atoms with van der Waals surface area (Å²) in [5, 5.41) is -0.872. The lowest BCUT2D eigenvalue weighted by atomic mass is 10.2. The quantitative estimate of drug-likeness (QED) is 0.644. The Labute approximate surface area is 80.3 Å². The standard InChI is InChI=1S/C7H3ClF2O.C2H6/c8-7(11)4-1-5(9)3-6(10)2-4;1-2/h1-3H;1-2H3. The van der Waals surface area contributed by atoms with Gasteiger partial charge in [-0.25, -0.2) is 8.78 Å². The molecule has 0 amide bonds. The predicted octanol–water partition coefficient (Wildman–Crippen LogP) is 3.37. The van der Waals surface area contributed by atoms with E-state index in [1.807, 2.05) is 13.8 Å². The third-order valence-corrected chi connectivity index (χ3v) is 1.31. The summed E-state index contributed by atoms with van der Waals surface area (Å²) in [5.74, 6) is -1.62. The summed E-state index contributed by atoms with van der Waals surface area (Å²) in [7, 11) is 0. The molecule has 0 aromatic heterocycles. The third kappa shape index (κ3) is 3.99. The van der Waals surface area contributed by atoms with E-state index < -0.39 is 16.9 Å². The van der Waals surface area contributed by atoms with Crippen molar-refractivity contribution in [1.82, 2.24) is 0 Å². The van der Waals surface area contributed by atoms with Gasteiger partial charge in [-0.2, -0.15) is 0 Å². The molecule has 0 fully saturated rings. The highest BCUT2D eigenvalue weighted by Gasteiger charge is 2.05. The smallest absolute Gasteiger partial charge is 0.252 e. The molecule has 0 aliphatic heterocycles. The van der Waals surface area contributed by atoms with Crippen LogP contribution in [0.1, 0.15) is 24.2 Å². The SMILES string of the molecule is CC.O=C(Cl)c1cc(F)cc(F)c1. The fraction of sp³-hybridized carbons (Fsp3) is 0.222. The predicted molar refractivity (Wildman–Crippen MR) is 47.9 cm³/mol. The van der Waals surface area contributed by atoms with Crippen LogP contribution in [0, 0.1) is 11.6 Å². The first kappa shape index (κ1) is 12.0. The topological polar surface area (TPSA) is 17.1 Å². The van der Waals surface area contributed by atoms with Gasteiger partial charge in [0.2, 0.25) is 0 Å². The molecule has 0 radical (unpaired) electrons. The maximum atomic E-state index is 12.3. The number of benzene rings is 1. The molecule has 0 saturated carbocycles. The highest BCUT2D eigenvalue weighted by molar-refractivity contribution is 6.67. The summed E-state index contributed by atoms with van der Waals surface area (Å²) < 4.78 is 24.7. The molecule has 0 aliphatic carbocycles. The first-order valence-electron chi connectivity index (χ1n) is 3.75. The van der Waals surface area contributed by atoms with Crippen molar-refractivity contribution in [2.24, 2.45) is 0 Å². The molecule has 4 heteroatoms. The number of carbonyl (C=O) groups excluding carboxylic acids is 1. The normalized spacial score (nSPS) is 8.69. The van der Waals surface area contributed by atoms with Crippen molar-refractivity contribution >= 4 is 16.8 Å². The lowest BCUT2D eigenvalue weighted by Gasteiger charge is -1.93. The van der Waals surface area contributed by atoms with Gasteiger partial charge in [-0.3, -0.25) is 4.79 Å². The maximum absolute atomic E-state index is 12.3. The van der Waals surface area contributed by atoms with Gasteiger partial charge < -0.3 is 0 Å². The third-order valence-electron chi connectivity index (χ3n) is 1.09. The van der Waals surface area contributed by atoms with Crippen LogP contribution in [0.2, 0.25) is 0 Å². The van der Waals surface area contributed by atoms with Gasteiger partial charge >= 0.3 is 0 Å². The molecule has 0 bridgehead atoms. The van der Waals surface area contributed by atoms with Gasteiger partial charge in [0.1, 0.15) is 11.6 Å². The van der Waals surface area contributed by atoms with Crippen LogP contribution in [0.15, 0.2) is 18.2 Å². The Kier molecular flexibility index (Phi) is 5.23. The average Bonchev–Trinajstić information content (AvgIpc) is 2.06. The highest BCUT2D eigenvalue weighted by atomic mass is 35.5. The minimum atomic E-state index is -0.872. The van der Waals surface area contributed by atoms with Crippen molar-refractivity contribution < 1.29 is 13.6 Å². The largest absolute Gasteiger partial charge is 0.276 e. The minimum absolute atomic E-state index is 0.177. The lowest BCUT2D eigenvalue weighted by molar-refractivity contribution is 0.108. The van der Waals surface area contributed by atoms with E-state index in [4.69, 9.17) is 11.6 Å². The molecule has 0 saturated heterocycles. The van der Waals surface area contributed by atoms with Crippen molar-refractivity contribution in [2.45, 2.75) is 13.8 Å². The van der Waals surface area contributed by atoms with Crippen LogP contribution >= 0.6 is 11.6 Å². The number of rotatable bonds is 1. The molecule has 1 aromatic carbocycles. The highest BCUT2D eigenvalue weighted by Crippen LogP contribution is 2.09. The van der Waals surface area contributed by atoms with Gasteiger partial charge in [0, 0.05) is 11.6 Å². The van der Waals surface area contributed by atoms with Gasteiger partial charge in [-0.15, -0.1) is 0 Å². The lowest BCUT2D eigenvalue weighted by Crippen LogP contribution is -1.91. The van der Waals surface area contributed by atoms with Crippen molar-refractivity contribution in [3.8, 4) is 0 Å². The van der Waals surface area contributed by atoms with E-state index in [0.29, 0.717) is 6.07 Å². The Morgan fingerprint density at radius 3 is 1.85 bits per heavy atom. The van der Waals surface area contributed by atoms with Gasteiger partial charge in [0.15, 0.2) is 0 Å². The van der Waals surface area contributed by atoms with E-state index in [0.717, 1.165) is 12.1 Å². The van der Waals surface area contributed by atoms with Crippen molar-refractivity contribution in [3.05, 3.63) is 35.4 Å². The Morgan fingerprint density at radius 2 is 1.54 bits per heavy atom. The summed E-state index contributed by atoms with van der Waals surface area (Å²) >= 11 is 4.97. The molecule has 13 heavy (non-hydrogen) atoms. The van der Waals surface area contributed by atoms with Crippen molar-refractivity contribution in [3.63, 3.8) is 0 Å². The Bertz CT molecular complexity index is 279. The Hall–Kier alpha value is -0.960. The molecule has 1 aromatic rings. The zero-order chi connectivity index (χ0) is 10.4. The first-order chi connectivity index (χ1) is 6.09. The van der Waals surface area contributed by atoms with E-state index in [1.165, 1.54) is 0 Å². The molecule has 1 nitrogen and oxygen atoms in total. The number of halogens is 3. The van der Waals surface area contributed by atoms with Gasteiger partial charge in [0.05, 0.1) is 0 Å². The molecule has 0 atom stereocenters. The van der Waals surface area contributed by atoms with Crippen molar-refractivity contribution in [2.75, 3.05) is 0 Å². The summed E-state index contributed by atoms with van der Waals surface area (Å²) in [6.45, 7) is 4.00. The summed E-state index contributed by atoms with van der Waals surface area (Å²) in [6.07, 6.45) is 0. The fourth-order valence-electron chi connectivity index (χ4n) is 0.667.